The van der Waals surface area contributed by atoms with Crippen molar-refractivity contribution in [1.82, 2.24) is 19.2 Å². The molecule has 0 saturated heterocycles. The molecule has 0 bridgehead atoms. The lowest BCUT2D eigenvalue weighted by molar-refractivity contribution is 0.181. The molecule has 1 aliphatic carbocycles. The Bertz CT molecular complexity index is 1310. The van der Waals surface area contributed by atoms with Crippen molar-refractivity contribution in [3.63, 3.8) is 0 Å². The highest BCUT2D eigenvalue weighted by atomic mass is 35.5. The summed E-state index contributed by atoms with van der Waals surface area (Å²) in [6.45, 7) is 2.59. The highest BCUT2D eigenvalue weighted by Gasteiger charge is 2.25. The largest absolute Gasteiger partial charge is 0.378 e. The molecule has 31 heavy (non-hydrogen) atoms. The third kappa shape index (κ3) is 3.44. The molecule has 1 aromatic carbocycles. The second kappa shape index (κ2) is 8.09. The maximum Gasteiger partial charge on any atom is 0.261 e. The van der Waals surface area contributed by atoms with Crippen LogP contribution in [0.25, 0.3) is 27.7 Å². The predicted molar refractivity (Wildman–Crippen MR) is 123 cm³/mol. The standard InChI is InChI=1S/C24H25ClN4O2/c1-15-5-3-4-6-20(15)28-12-11-21-18(24(28)30)13-26-23-22(16-7-9-17(25)10-8-16)19(14-31-2)27-29(21)23/h7-13,15,20H,3-6,14H2,1-2H3/t15-,20-/m1/s1. The molecule has 1 saturated carbocycles. The molecule has 3 heterocycles. The monoisotopic (exact) mass is 436 g/mol. The Morgan fingerprint density at radius 3 is 2.68 bits per heavy atom. The van der Waals surface area contributed by atoms with E-state index in [9.17, 15) is 4.79 Å². The SMILES string of the molecule is COCc1nn2c(ncc3c(=O)n([C@@H]4CCCC[C@H]4C)ccc32)c1-c1ccc(Cl)cc1. The minimum Gasteiger partial charge on any atom is -0.378 e. The van der Waals surface area contributed by atoms with Crippen LogP contribution in [0.1, 0.15) is 44.3 Å². The fourth-order valence-corrected chi connectivity index (χ4v) is 4.98. The van der Waals surface area contributed by atoms with Gasteiger partial charge in [-0.15, -0.1) is 0 Å². The first-order chi connectivity index (χ1) is 15.1. The summed E-state index contributed by atoms with van der Waals surface area (Å²) in [7, 11) is 1.64. The molecule has 4 aromatic rings. The van der Waals surface area contributed by atoms with Gasteiger partial charge in [0.1, 0.15) is 0 Å². The summed E-state index contributed by atoms with van der Waals surface area (Å²) in [6.07, 6.45) is 8.23. The van der Waals surface area contributed by atoms with Crippen molar-refractivity contribution >= 4 is 28.2 Å². The molecule has 6 nitrogen and oxygen atoms in total. The Kier molecular flexibility index (Phi) is 5.28. The van der Waals surface area contributed by atoms with Crippen molar-refractivity contribution in [2.24, 2.45) is 5.92 Å². The Labute approximate surface area is 185 Å². The molecule has 0 aliphatic heterocycles. The summed E-state index contributed by atoms with van der Waals surface area (Å²) in [5.41, 5.74) is 4.09. The van der Waals surface area contributed by atoms with Gasteiger partial charge in [0, 0.05) is 30.6 Å². The molecule has 1 aliphatic rings. The number of halogens is 1. The molecule has 5 rings (SSSR count). The number of fused-ring (bicyclic) bond motifs is 3. The van der Waals surface area contributed by atoms with Crippen LogP contribution in [0.5, 0.6) is 0 Å². The second-order valence-electron chi connectivity index (χ2n) is 8.41. The molecule has 160 valence electrons. The number of pyridine rings is 1. The minimum absolute atomic E-state index is 0.00230. The quantitative estimate of drug-likeness (QED) is 0.437. The van der Waals surface area contributed by atoms with Gasteiger partial charge >= 0.3 is 0 Å². The van der Waals surface area contributed by atoms with Gasteiger partial charge in [-0.2, -0.15) is 5.10 Å². The smallest absolute Gasteiger partial charge is 0.261 e. The molecular formula is C24H25ClN4O2. The van der Waals surface area contributed by atoms with Crippen LogP contribution in [-0.2, 0) is 11.3 Å². The van der Waals surface area contributed by atoms with E-state index in [0.717, 1.165) is 35.2 Å². The van der Waals surface area contributed by atoms with Gasteiger partial charge in [-0.3, -0.25) is 4.79 Å². The van der Waals surface area contributed by atoms with E-state index in [1.807, 2.05) is 41.1 Å². The molecule has 2 atom stereocenters. The van der Waals surface area contributed by atoms with Crippen molar-refractivity contribution in [3.05, 3.63) is 63.8 Å². The van der Waals surface area contributed by atoms with Crippen molar-refractivity contribution < 1.29 is 4.74 Å². The number of aromatic nitrogens is 4. The normalized spacial score (nSPS) is 19.3. The molecule has 7 heteroatoms. The number of hydrogen-bond acceptors (Lipinski definition) is 4. The van der Waals surface area contributed by atoms with Gasteiger partial charge < -0.3 is 9.30 Å². The Morgan fingerprint density at radius 1 is 1.16 bits per heavy atom. The van der Waals surface area contributed by atoms with Crippen molar-refractivity contribution in [2.75, 3.05) is 7.11 Å². The van der Waals surface area contributed by atoms with Crippen LogP contribution in [-0.4, -0.2) is 26.3 Å². The molecule has 0 unspecified atom stereocenters. The Morgan fingerprint density at radius 2 is 1.94 bits per heavy atom. The summed E-state index contributed by atoms with van der Waals surface area (Å²) in [5, 5.41) is 6.03. The van der Waals surface area contributed by atoms with Crippen LogP contribution >= 0.6 is 11.6 Å². The minimum atomic E-state index is 0.00230. The van der Waals surface area contributed by atoms with Crippen molar-refractivity contribution in [2.45, 2.75) is 45.3 Å². The summed E-state index contributed by atoms with van der Waals surface area (Å²) in [4.78, 5) is 18.1. The highest BCUT2D eigenvalue weighted by Crippen LogP contribution is 2.34. The first kappa shape index (κ1) is 20.2. The highest BCUT2D eigenvalue weighted by molar-refractivity contribution is 6.30. The van der Waals surface area contributed by atoms with E-state index in [1.54, 1.807) is 17.8 Å². The van der Waals surface area contributed by atoms with Gasteiger partial charge in [-0.1, -0.05) is 43.5 Å². The summed E-state index contributed by atoms with van der Waals surface area (Å²) < 4.78 is 9.06. The lowest BCUT2D eigenvalue weighted by Gasteiger charge is -2.30. The zero-order valence-corrected chi connectivity index (χ0v) is 18.5. The van der Waals surface area contributed by atoms with Gasteiger partial charge in [0.05, 0.1) is 28.8 Å². The van der Waals surface area contributed by atoms with Crippen LogP contribution in [0.3, 0.4) is 0 Å². The molecule has 0 spiro atoms. The van der Waals surface area contributed by atoms with Gasteiger partial charge in [-0.05, 0) is 42.5 Å². The second-order valence-corrected chi connectivity index (χ2v) is 8.85. The first-order valence-electron chi connectivity index (χ1n) is 10.7. The fraction of sp³-hybridized carbons (Fsp3) is 0.375. The maximum atomic E-state index is 13.4. The van der Waals surface area contributed by atoms with Gasteiger partial charge in [0.2, 0.25) is 0 Å². The van der Waals surface area contributed by atoms with Crippen molar-refractivity contribution in [3.8, 4) is 11.1 Å². The average Bonchev–Trinajstić information content (AvgIpc) is 3.14. The maximum absolute atomic E-state index is 13.4. The van der Waals surface area contributed by atoms with Crippen LogP contribution < -0.4 is 5.56 Å². The lowest BCUT2D eigenvalue weighted by Crippen LogP contribution is -2.30. The van der Waals surface area contributed by atoms with Crippen LogP contribution in [0, 0.1) is 5.92 Å². The molecule has 0 amide bonds. The molecule has 3 aromatic heterocycles. The molecule has 0 radical (unpaired) electrons. The van der Waals surface area contributed by atoms with E-state index in [1.165, 1.54) is 12.8 Å². The Balaban J connectivity index is 1.71. The van der Waals surface area contributed by atoms with E-state index in [4.69, 9.17) is 21.4 Å². The Hall–Kier alpha value is -2.70. The zero-order valence-electron chi connectivity index (χ0n) is 17.7. The van der Waals surface area contributed by atoms with E-state index < -0.39 is 0 Å². The fourth-order valence-electron chi connectivity index (χ4n) is 4.85. The van der Waals surface area contributed by atoms with E-state index in [-0.39, 0.29) is 11.6 Å². The average molecular weight is 437 g/mol. The van der Waals surface area contributed by atoms with E-state index in [0.29, 0.717) is 28.6 Å². The molecular weight excluding hydrogens is 412 g/mol. The van der Waals surface area contributed by atoms with Crippen LogP contribution in [0.2, 0.25) is 5.02 Å². The number of nitrogens with zero attached hydrogens (tertiary/aromatic N) is 4. The number of ether oxygens (including phenoxy) is 1. The van der Waals surface area contributed by atoms with E-state index in [2.05, 4.69) is 11.9 Å². The van der Waals surface area contributed by atoms with E-state index >= 15 is 0 Å². The van der Waals surface area contributed by atoms with Gasteiger partial charge in [0.15, 0.2) is 5.65 Å². The third-order valence-electron chi connectivity index (χ3n) is 6.45. The summed E-state index contributed by atoms with van der Waals surface area (Å²) in [5.74, 6) is 0.495. The number of benzene rings is 1. The molecule has 1 fully saturated rings. The van der Waals surface area contributed by atoms with Crippen molar-refractivity contribution in [1.29, 1.82) is 0 Å². The number of rotatable bonds is 4. The predicted octanol–water partition coefficient (Wildman–Crippen LogP) is 5.26. The number of hydrogen-bond donors (Lipinski definition) is 0. The first-order valence-corrected chi connectivity index (χ1v) is 11.1. The van der Waals surface area contributed by atoms with Gasteiger partial charge in [0.25, 0.3) is 5.56 Å². The van der Waals surface area contributed by atoms with Crippen LogP contribution in [0.15, 0.2) is 47.5 Å². The van der Waals surface area contributed by atoms with Crippen LogP contribution in [0.4, 0.5) is 0 Å². The lowest BCUT2D eigenvalue weighted by atomic mass is 9.85. The molecule has 0 N–H and O–H groups in total. The zero-order chi connectivity index (χ0) is 21.5. The van der Waals surface area contributed by atoms with Gasteiger partial charge in [-0.25, -0.2) is 9.50 Å². The third-order valence-corrected chi connectivity index (χ3v) is 6.70. The number of methoxy groups -OCH3 is 1. The summed E-state index contributed by atoms with van der Waals surface area (Å²) in [6, 6.07) is 9.83. The topological polar surface area (TPSA) is 61.4 Å². The summed E-state index contributed by atoms with van der Waals surface area (Å²) >= 11 is 6.08.